The normalized spacial score (nSPS) is 24.2. The van der Waals surface area contributed by atoms with Crippen LogP contribution in [-0.4, -0.2) is 23.7 Å². The number of ether oxygens (including phenoxy) is 1. The summed E-state index contributed by atoms with van der Waals surface area (Å²) in [6, 6.07) is 0. The summed E-state index contributed by atoms with van der Waals surface area (Å²) in [4.78, 5) is 22.5. The van der Waals surface area contributed by atoms with Gasteiger partial charge in [0.25, 0.3) is 0 Å². The molecule has 0 aromatic rings. The Labute approximate surface area is 102 Å². The van der Waals surface area contributed by atoms with Gasteiger partial charge in [-0.2, -0.15) is 0 Å². The minimum Gasteiger partial charge on any atom is -0.481 e. The molecule has 0 heterocycles. The molecule has 0 unspecified atom stereocenters. The molecule has 1 fully saturated rings. The lowest BCUT2D eigenvalue weighted by atomic mass is 9.71. The first-order chi connectivity index (χ1) is 8.04. The lowest BCUT2D eigenvalue weighted by Crippen LogP contribution is -2.33. The van der Waals surface area contributed by atoms with Crippen LogP contribution in [0.15, 0.2) is 11.6 Å². The zero-order valence-electron chi connectivity index (χ0n) is 10.5. The number of carbonyl (C=O) groups is 2. The highest BCUT2D eigenvalue weighted by Crippen LogP contribution is 2.41. The second kappa shape index (κ2) is 5.84. The maximum atomic E-state index is 11.3. The van der Waals surface area contributed by atoms with Gasteiger partial charge in [0.05, 0.1) is 12.0 Å². The van der Waals surface area contributed by atoms with E-state index in [9.17, 15) is 14.7 Å². The first-order valence-corrected chi connectivity index (χ1v) is 6.13. The molecule has 0 amide bonds. The molecule has 0 bridgehead atoms. The van der Waals surface area contributed by atoms with Gasteiger partial charge in [-0.3, -0.25) is 4.79 Å². The maximum Gasteiger partial charge on any atom is 0.330 e. The summed E-state index contributed by atoms with van der Waals surface area (Å²) < 4.78 is 4.84. The van der Waals surface area contributed by atoms with E-state index in [1.54, 1.807) is 6.92 Å². The van der Waals surface area contributed by atoms with Crippen molar-refractivity contribution in [1.29, 1.82) is 0 Å². The molecule has 17 heavy (non-hydrogen) atoms. The van der Waals surface area contributed by atoms with Crippen molar-refractivity contribution < 1.29 is 19.4 Å². The van der Waals surface area contributed by atoms with E-state index in [-0.39, 0.29) is 5.97 Å². The largest absolute Gasteiger partial charge is 0.481 e. The molecule has 96 valence electrons. The number of carbonyl (C=O) groups excluding carboxylic acids is 1. The number of rotatable bonds is 4. The van der Waals surface area contributed by atoms with Crippen LogP contribution in [0.5, 0.6) is 0 Å². The molecule has 1 N–H and O–H groups in total. The Bertz CT molecular complexity index is 320. The quantitative estimate of drug-likeness (QED) is 0.606. The fraction of sp³-hybridized carbons (Fsp3) is 0.692. The minimum atomic E-state index is -0.713. The smallest absolute Gasteiger partial charge is 0.330 e. The van der Waals surface area contributed by atoms with Crippen LogP contribution in [0.3, 0.4) is 0 Å². The summed E-state index contributed by atoms with van der Waals surface area (Å²) >= 11 is 0. The number of hydrogen-bond donors (Lipinski definition) is 1. The number of carboxylic acids is 1. The summed E-state index contributed by atoms with van der Waals surface area (Å²) in [5, 5.41) is 9.23. The van der Waals surface area contributed by atoms with Crippen LogP contribution in [0.1, 0.15) is 46.0 Å². The predicted octanol–water partition coefficient (Wildman–Crippen LogP) is 2.53. The third-order valence-electron chi connectivity index (χ3n) is 3.59. The van der Waals surface area contributed by atoms with Gasteiger partial charge in [0, 0.05) is 6.08 Å². The van der Waals surface area contributed by atoms with Crippen molar-refractivity contribution in [3.8, 4) is 0 Å². The van der Waals surface area contributed by atoms with Gasteiger partial charge in [-0.25, -0.2) is 4.79 Å². The molecule has 0 aliphatic heterocycles. The van der Waals surface area contributed by atoms with Crippen molar-refractivity contribution in [3.63, 3.8) is 0 Å². The highest BCUT2D eigenvalue weighted by Gasteiger charge is 2.38. The zero-order chi connectivity index (χ0) is 12.9. The van der Waals surface area contributed by atoms with Gasteiger partial charge in [0.2, 0.25) is 0 Å². The third-order valence-corrected chi connectivity index (χ3v) is 3.59. The van der Waals surface area contributed by atoms with Gasteiger partial charge < -0.3 is 9.84 Å². The van der Waals surface area contributed by atoms with Crippen molar-refractivity contribution in [3.05, 3.63) is 11.6 Å². The van der Waals surface area contributed by atoms with Crippen molar-refractivity contribution in [1.82, 2.24) is 0 Å². The fourth-order valence-corrected chi connectivity index (χ4v) is 2.26. The number of allylic oxidation sites excluding steroid dienone is 1. The van der Waals surface area contributed by atoms with Crippen LogP contribution in [0.25, 0.3) is 0 Å². The first-order valence-electron chi connectivity index (χ1n) is 6.13. The van der Waals surface area contributed by atoms with E-state index in [1.807, 2.05) is 6.92 Å². The number of hydrogen-bond acceptors (Lipinski definition) is 3. The van der Waals surface area contributed by atoms with Crippen molar-refractivity contribution >= 4 is 11.9 Å². The Hall–Kier alpha value is -1.32. The van der Waals surface area contributed by atoms with Gasteiger partial charge in [-0.15, -0.1) is 0 Å². The molecule has 1 rings (SSSR count). The molecule has 0 radical (unpaired) electrons. The van der Waals surface area contributed by atoms with E-state index in [2.05, 4.69) is 0 Å². The molecule has 0 atom stereocenters. The van der Waals surface area contributed by atoms with Crippen LogP contribution in [0, 0.1) is 5.41 Å². The summed E-state index contributed by atoms with van der Waals surface area (Å²) in [5.74, 6) is -1.03. The molecule has 0 spiro atoms. The Morgan fingerprint density at radius 1 is 1.35 bits per heavy atom. The summed E-state index contributed by atoms with van der Waals surface area (Å²) in [6.45, 7) is 4.05. The third kappa shape index (κ3) is 3.32. The second-order valence-corrected chi connectivity index (χ2v) is 4.49. The van der Waals surface area contributed by atoms with Crippen LogP contribution < -0.4 is 0 Å². The molecule has 1 saturated carbocycles. The SMILES string of the molecule is CCOC(=O)C=C1CCC(CC)(C(=O)O)CC1. The molecule has 0 saturated heterocycles. The monoisotopic (exact) mass is 240 g/mol. The average molecular weight is 240 g/mol. The van der Waals surface area contributed by atoms with Crippen molar-refractivity contribution in [2.24, 2.45) is 5.41 Å². The average Bonchev–Trinajstić information content (AvgIpc) is 2.30. The number of esters is 1. The van der Waals surface area contributed by atoms with Gasteiger partial charge in [-0.05, 0) is 39.0 Å². The summed E-state index contributed by atoms with van der Waals surface area (Å²) in [6.07, 6.45) is 4.76. The molecule has 0 aromatic heterocycles. The van der Waals surface area contributed by atoms with Gasteiger partial charge in [0.1, 0.15) is 0 Å². The standard InChI is InChI=1S/C13H20O4/c1-3-13(12(15)16)7-5-10(6-8-13)9-11(14)17-4-2/h9H,3-8H2,1-2H3,(H,15,16). The Balaban J connectivity index is 2.61. The van der Waals surface area contributed by atoms with E-state index >= 15 is 0 Å². The number of carboxylic acid groups (broad SMARTS) is 1. The summed E-state index contributed by atoms with van der Waals surface area (Å²) in [5.41, 5.74) is 0.417. The van der Waals surface area contributed by atoms with E-state index in [4.69, 9.17) is 4.74 Å². The molecule has 1 aliphatic carbocycles. The molecule has 0 aromatic carbocycles. The minimum absolute atomic E-state index is 0.318. The molecule has 4 heteroatoms. The van der Waals surface area contributed by atoms with Crippen molar-refractivity contribution in [2.75, 3.05) is 6.61 Å². The Kier molecular flexibility index (Phi) is 4.73. The Morgan fingerprint density at radius 3 is 2.35 bits per heavy atom. The van der Waals surface area contributed by atoms with Crippen LogP contribution in [0.2, 0.25) is 0 Å². The van der Waals surface area contributed by atoms with Gasteiger partial charge >= 0.3 is 11.9 Å². The van der Waals surface area contributed by atoms with E-state index in [0.29, 0.717) is 38.7 Å². The van der Waals surface area contributed by atoms with Gasteiger partial charge in [0.15, 0.2) is 0 Å². The van der Waals surface area contributed by atoms with E-state index < -0.39 is 11.4 Å². The van der Waals surface area contributed by atoms with Crippen LogP contribution in [-0.2, 0) is 14.3 Å². The van der Waals surface area contributed by atoms with E-state index in [0.717, 1.165) is 5.57 Å². The first kappa shape index (κ1) is 13.7. The Morgan fingerprint density at radius 2 is 1.94 bits per heavy atom. The lowest BCUT2D eigenvalue weighted by Gasteiger charge is -2.33. The van der Waals surface area contributed by atoms with Crippen LogP contribution >= 0.6 is 0 Å². The highest BCUT2D eigenvalue weighted by atomic mass is 16.5. The highest BCUT2D eigenvalue weighted by molar-refractivity contribution is 5.83. The zero-order valence-corrected chi connectivity index (χ0v) is 10.5. The lowest BCUT2D eigenvalue weighted by molar-refractivity contribution is -0.150. The molecule has 4 nitrogen and oxygen atoms in total. The van der Waals surface area contributed by atoms with E-state index in [1.165, 1.54) is 6.08 Å². The molecular formula is C13H20O4. The molecule has 1 aliphatic rings. The number of aliphatic carboxylic acids is 1. The van der Waals surface area contributed by atoms with Crippen LogP contribution in [0.4, 0.5) is 0 Å². The second-order valence-electron chi connectivity index (χ2n) is 4.49. The van der Waals surface area contributed by atoms with Gasteiger partial charge in [-0.1, -0.05) is 12.5 Å². The maximum absolute atomic E-state index is 11.3. The predicted molar refractivity (Wildman–Crippen MR) is 63.5 cm³/mol. The van der Waals surface area contributed by atoms with Crippen molar-refractivity contribution in [2.45, 2.75) is 46.0 Å². The summed E-state index contributed by atoms with van der Waals surface area (Å²) in [7, 11) is 0. The topological polar surface area (TPSA) is 63.6 Å². The fourth-order valence-electron chi connectivity index (χ4n) is 2.26. The molecular weight excluding hydrogens is 220 g/mol.